The molecule has 0 spiro atoms. The van der Waals surface area contributed by atoms with E-state index in [1.165, 1.54) is 11.1 Å². The minimum absolute atomic E-state index is 0.0304. The summed E-state index contributed by atoms with van der Waals surface area (Å²) >= 11 is 0. The highest BCUT2D eigenvalue weighted by molar-refractivity contribution is 5.97. The first-order valence-corrected chi connectivity index (χ1v) is 5.97. The van der Waals surface area contributed by atoms with Gasteiger partial charge in [0.15, 0.2) is 0 Å². The molecule has 0 bridgehead atoms. The second-order valence-corrected chi connectivity index (χ2v) is 3.89. The third kappa shape index (κ3) is 5.66. The molecular weight excluding hydrogens is 234 g/mol. The summed E-state index contributed by atoms with van der Waals surface area (Å²) in [6.07, 6.45) is 2.26. The van der Waals surface area contributed by atoms with Crippen molar-refractivity contribution in [2.75, 3.05) is 26.3 Å². The van der Waals surface area contributed by atoms with Crippen LogP contribution in [0.2, 0.25) is 0 Å². The number of hydrogen-bond acceptors (Lipinski definition) is 5. The fourth-order valence-corrected chi connectivity index (χ4v) is 1.21. The van der Waals surface area contributed by atoms with Gasteiger partial charge in [-0.1, -0.05) is 6.92 Å². The van der Waals surface area contributed by atoms with Crippen molar-refractivity contribution in [2.45, 2.75) is 26.3 Å². The molecule has 1 unspecified atom stereocenters. The lowest BCUT2D eigenvalue weighted by molar-refractivity contribution is -0.127. The Morgan fingerprint density at radius 1 is 1.44 bits per heavy atom. The molecule has 0 aromatic rings. The molecule has 6 nitrogen and oxygen atoms in total. The van der Waals surface area contributed by atoms with Gasteiger partial charge in [0, 0.05) is 25.3 Å². The standard InChI is InChI=1S/C12H21N3O3/c1-3-10(2)14-9-11(8-13)12(18)15(4-6-16)5-7-17/h9-10,14,16-17H,3-7H2,1-2H3/b11-9-. The predicted octanol–water partition coefficient (Wildman–Crippen LogP) is -0.405. The van der Waals surface area contributed by atoms with Crippen LogP contribution in [-0.4, -0.2) is 53.4 Å². The molecule has 1 atom stereocenters. The number of aliphatic hydroxyl groups is 2. The van der Waals surface area contributed by atoms with Crippen molar-refractivity contribution in [3.05, 3.63) is 11.8 Å². The zero-order chi connectivity index (χ0) is 14.0. The van der Waals surface area contributed by atoms with E-state index in [1.54, 1.807) is 0 Å². The molecule has 1 amide bonds. The molecule has 0 radical (unpaired) electrons. The van der Waals surface area contributed by atoms with Gasteiger partial charge in [-0.2, -0.15) is 5.26 Å². The van der Waals surface area contributed by atoms with E-state index in [-0.39, 0.29) is 37.9 Å². The number of nitriles is 1. The van der Waals surface area contributed by atoms with Crippen molar-refractivity contribution < 1.29 is 15.0 Å². The van der Waals surface area contributed by atoms with Crippen molar-refractivity contribution in [2.24, 2.45) is 0 Å². The number of amides is 1. The van der Waals surface area contributed by atoms with E-state index in [0.717, 1.165) is 6.42 Å². The van der Waals surface area contributed by atoms with Crippen LogP contribution < -0.4 is 5.32 Å². The van der Waals surface area contributed by atoms with Crippen LogP contribution in [0.5, 0.6) is 0 Å². The smallest absolute Gasteiger partial charge is 0.266 e. The minimum atomic E-state index is -0.489. The van der Waals surface area contributed by atoms with E-state index in [4.69, 9.17) is 15.5 Å². The van der Waals surface area contributed by atoms with Gasteiger partial charge in [0.1, 0.15) is 11.6 Å². The maximum Gasteiger partial charge on any atom is 0.266 e. The largest absolute Gasteiger partial charge is 0.395 e. The SMILES string of the molecule is CCC(C)N/C=C(/C#N)C(=O)N(CCO)CCO. The second-order valence-electron chi connectivity index (χ2n) is 3.89. The lowest BCUT2D eigenvalue weighted by Crippen LogP contribution is -2.37. The Morgan fingerprint density at radius 3 is 2.39 bits per heavy atom. The first-order chi connectivity index (χ1) is 8.60. The Kier molecular flexibility index (Phi) is 8.62. The summed E-state index contributed by atoms with van der Waals surface area (Å²) in [6.45, 7) is 3.72. The monoisotopic (exact) mass is 255 g/mol. The third-order valence-corrected chi connectivity index (χ3v) is 2.50. The van der Waals surface area contributed by atoms with Crippen LogP contribution in [-0.2, 0) is 4.79 Å². The zero-order valence-electron chi connectivity index (χ0n) is 10.9. The van der Waals surface area contributed by atoms with E-state index in [9.17, 15) is 4.79 Å². The van der Waals surface area contributed by atoms with Gasteiger partial charge in [-0.05, 0) is 13.3 Å². The van der Waals surface area contributed by atoms with Crippen LogP contribution in [0.25, 0.3) is 0 Å². The van der Waals surface area contributed by atoms with E-state index in [2.05, 4.69) is 5.32 Å². The molecule has 0 heterocycles. The summed E-state index contributed by atoms with van der Waals surface area (Å²) in [6, 6.07) is 1.99. The van der Waals surface area contributed by atoms with E-state index >= 15 is 0 Å². The molecule has 0 aliphatic rings. The highest BCUT2D eigenvalue weighted by atomic mass is 16.3. The lowest BCUT2D eigenvalue weighted by Gasteiger charge is -2.20. The van der Waals surface area contributed by atoms with Gasteiger partial charge in [-0.25, -0.2) is 0 Å². The molecule has 3 N–H and O–H groups in total. The molecule has 0 aromatic carbocycles. The van der Waals surface area contributed by atoms with E-state index in [1.807, 2.05) is 19.9 Å². The predicted molar refractivity (Wildman–Crippen MR) is 67.3 cm³/mol. The van der Waals surface area contributed by atoms with Crippen LogP contribution >= 0.6 is 0 Å². The molecule has 0 saturated heterocycles. The Morgan fingerprint density at radius 2 is 2.00 bits per heavy atom. The fourth-order valence-electron chi connectivity index (χ4n) is 1.21. The Labute approximate surface area is 108 Å². The van der Waals surface area contributed by atoms with Crippen LogP contribution in [0.3, 0.4) is 0 Å². The normalized spacial score (nSPS) is 12.7. The van der Waals surface area contributed by atoms with Crippen LogP contribution in [0.15, 0.2) is 11.8 Å². The van der Waals surface area contributed by atoms with E-state index < -0.39 is 5.91 Å². The van der Waals surface area contributed by atoms with Gasteiger partial charge in [0.25, 0.3) is 5.91 Å². The molecule has 102 valence electrons. The van der Waals surface area contributed by atoms with Crippen molar-refractivity contribution in [1.82, 2.24) is 10.2 Å². The number of nitrogens with zero attached hydrogens (tertiary/aromatic N) is 2. The summed E-state index contributed by atoms with van der Waals surface area (Å²) in [7, 11) is 0. The first kappa shape index (κ1) is 16.4. The van der Waals surface area contributed by atoms with Gasteiger partial charge in [-0.3, -0.25) is 4.79 Å². The van der Waals surface area contributed by atoms with Gasteiger partial charge >= 0.3 is 0 Å². The Balaban J connectivity index is 4.71. The Bertz CT molecular complexity index is 317. The van der Waals surface area contributed by atoms with Gasteiger partial charge < -0.3 is 20.4 Å². The molecule has 18 heavy (non-hydrogen) atoms. The maximum absolute atomic E-state index is 11.9. The highest BCUT2D eigenvalue weighted by Crippen LogP contribution is 2.01. The summed E-state index contributed by atoms with van der Waals surface area (Å²) in [4.78, 5) is 13.2. The molecule has 0 rings (SSSR count). The maximum atomic E-state index is 11.9. The number of rotatable bonds is 8. The average Bonchev–Trinajstić information content (AvgIpc) is 2.38. The average molecular weight is 255 g/mol. The second kappa shape index (κ2) is 9.45. The number of carbonyl (C=O) groups is 1. The topological polar surface area (TPSA) is 96.6 Å². The lowest BCUT2D eigenvalue weighted by atomic mass is 10.2. The molecule has 0 aliphatic heterocycles. The van der Waals surface area contributed by atoms with Gasteiger partial charge in [0.05, 0.1) is 13.2 Å². The van der Waals surface area contributed by atoms with Crippen LogP contribution in [0.1, 0.15) is 20.3 Å². The minimum Gasteiger partial charge on any atom is -0.395 e. The number of carbonyl (C=O) groups excluding carboxylic acids is 1. The molecule has 0 saturated carbocycles. The zero-order valence-corrected chi connectivity index (χ0v) is 10.9. The van der Waals surface area contributed by atoms with Gasteiger partial charge in [-0.15, -0.1) is 0 Å². The number of nitrogens with one attached hydrogen (secondary N) is 1. The fraction of sp³-hybridized carbons (Fsp3) is 0.667. The summed E-state index contributed by atoms with van der Waals surface area (Å²) in [5, 5.41) is 29.5. The summed E-state index contributed by atoms with van der Waals surface area (Å²) in [5.74, 6) is -0.489. The molecule has 0 aliphatic carbocycles. The molecule has 6 heteroatoms. The number of aliphatic hydroxyl groups excluding tert-OH is 2. The first-order valence-electron chi connectivity index (χ1n) is 5.97. The van der Waals surface area contributed by atoms with Crippen molar-refractivity contribution in [3.8, 4) is 6.07 Å². The molecular formula is C12H21N3O3. The highest BCUT2D eigenvalue weighted by Gasteiger charge is 2.17. The summed E-state index contributed by atoms with van der Waals surface area (Å²) < 4.78 is 0. The van der Waals surface area contributed by atoms with Crippen molar-refractivity contribution >= 4 is 5.91 Å². The van der Waals surface area contributed by atoms with Crippen molar-refractivity contribution in [3.63, 3.8) is 0 Å². The Hall–Kier alpha value is -1.58. The molecule has 0 aromatic heterocycles. The summed E-state index contributed by atoms with van der Waals surface area (Å²) in [5.41, 5.74) is -0.0304. The van der Waals surface area contributed by atoms with Gasteiger partial charge in [0.2, 0.25) is 0 Å². The van der Waals surface area contributed by atoms with Crippen LogP contribution in [0.4, 0.5) is 0 Å². The number of hydrogen-bond donors (Lipinski definition) is 3. The van der Waals surface area contributed by atoms with E-state index in [0.29, 0.717) is 0 Å². The molecule has 0 fully saturated rings. The quantitative estimate of drug-likeness (QED) is 0.405. The van der Waals surface area contributed by atoms with Crippen LogP contribution in [0, 0.1) is 11.3 Å². The third-order valence-electron chi connectivity index (χ3n) is 2.50. The van der Waals surface area contributed by atoms with Crippen molar-refractivity contribution in [1.29, 1.82) is 5.26 Å².